The first-order valence-electron chi connectivity index (χ1n) is 12.2. The van der Waals surface area contributed by atoms with Crippen LogP contribution in [0.15, 0.2) is 53.6 Å². The maximum absolute atomic E-state index is 13.3. The Morgan fingerprint density at radius 2 is 1.82 bits per heavy atom. The van der Waals surface area contributed by atoms with E-state index < -0.39 is 0 Å². The highest BCUT2D eigenvalue weighted by molar-refractivity contribution is 5.78. The molecule has 0 spiro atoms. The van der Waals surface area contributed by atoms with Gasteiger partial charge in [-0.1, -0.05) is 70.4 Å². The Morgan fingerprint density at radius 3 is 2.47 bits per heavy atom. The molecule has 178 valence electrons. The van der Waals surface area contributed by atoms with Crippen LogP contribution in [0.5, 0.6) is 0 Å². The Morgan fingerprint density at radius 1 is 1.03 bits per heavy atom. The largest absolute Gasteiger partial charge is 0.328 e. The van der Waals surface area contributed by atoms with Crippen LogP contribution in [0, 0.1) is 5.92 Å². The highest BCUT2D eigenvalue weighted by Gasteiger charge is 2.15. The van der Waals surface area contributed by atoms with E-state index >= 15 is 0 Å². The Kier molecular flexibility index (Phi) is 7.67. The van der Waals surface area contributed by atoms with Crippen molar-refractivity contribution in [2.45, 2.75) is 66.0 Å². The van der Waals surface area contributed by atoms with Crippen molar-refractivity contribution in [2.75, 3.05) is 0 Å². The summed E-state index contributed by atoms with van der Waals surface area (Å²) in [4.78, 5) is 18.0. The summed E-state index contributed by atoms with van der Waals surface area (Å²) in [5.74, 6) is 1.06. The lowest BCUT2D eigenvalue weighted by Crippen LogP contribution is -2.27. The van der Waals surface area contributed by atoms with Crippen LogP contribution in [0.4, 0.5) is 0 Å². The highest BCUT2D eigenvalue weighted by atomic mass is 16.1. The van der Waals surface area contributed by atoms with Crippen LogP contribution in [-0.2, 0) is 19.5 Å². The average molecular weight is 460 g/mol. The molecule has 0 bridgehead atoms. The molecule has 1 aromatic carbocycles. The fourth-order valence-corrected chi connectivity index (χ4v) is 4.30. The maximum atomic E-state index is 13.3. The van der Waals surface area contributed by atoms with Crippen LogP contribution in [0.1, 0.15) is 57.7 Å². The molecule has 0 radical (unpaired) electrons. The molecular weight excluding hydrogens is 426 g/mol. The smallest absolute Gasteiger partial charge is 0.299 e. The highest BCUT2D eigenvalue weighted by Crippen LogP contribution is 2.28. The number of unbranched alkanes of at least 4 members (excludes halogenated alkanes) is 1. The number of rotatable bonds is 11. The molecule has 8 heteroatoms. The second-order valence-corrected chi connectivity index (χ2v) is 8.76. The average Bonchev–Trinajstić information content (AvgIpc) is 3.51. The Hall–Kier alpha value is -3.55. The number of nitrogens with one attached hydrogen (secondary N) is 1. The van der Waals surface area contributed by atoms with Crippen molar-refractivity contribution in [3.8, 4) is 22.6 Å². The van der Waals surface area contributed by atoms with Gasteiger partial charge in [0.05, 0.1) is 12.2 Å². The summed E-state index contributed by atoms with van der Waals surface area (Å²) in [5.41, 5.74) is 4.81. The predicted molar refractivity (Wildman–Crippen MR) is 133 cm³/mol. The monoisotopic (exact) mass is 459 g/mol. The number of aryl methyl sites for hydroxylation is 1. The van der Waals surface area contributed by atoms with Crippen LogP contribution in [0.25, 0.3) is 22.6 Å². The van der Waals surface area contributed by atoms with Crippen LogP contribution < -0.4 is 5.69 Å². The quantitative estimate of drug-likeness (QED) is 0.350. The topological polar surface area (TPSA) is 94.3 Å². The number of benzene rings is 1. The summed E-state index contributed by atoms with van der Waals surface area (Å²) in [7, 11) is 0. The van der Waals surface area contributed by atoms with Crippen molar-refractivity contribution in [3.63, 3.8) is 0 Å². The maximum Gasteiger partial charge on any atom is 0.328 e. The molecule has 0 saturated heterocycles. The second kappa shape index (κ2) is 11.0. The lowest BCUT2D eigenvalue weighted by molar-refractivity contribution is 0.409. The fraction of sp³-hybridized carbons (Fsp3) is 0.423. The number of imidazole rings is 1. The van der Waals surface area contributed by atoms with Gasteiger partial charge in [-0.05, 0) is 35.6 Å². The minimum Gasteiger partial charge on any atom is -0.299 e. The third-order valence-electron chi connectivity index (χ3n) is 6.48. The molecule has 3 aromatic heterocycles. The predicted octanol–water partition coefficient (Wildman–Crippen LogP) is 4.72. The van der Waals surface area contributed by atoms with Gasteiger partial charge in [-0.3, -0.25) is 14.1 Å². The summed E-state index contributed by atoms with van der Waals surface area (Å²) in [6, 6.07) is 11.9. The summed E-state index contributed by atoms with van der Waals surface area (Å²) in [6.45, 7) is 7.87. The second-order valence-electron chi connectivity index (χ2n) is 8.76. The first-order chi connectivity index (χ1) is 16.6. The molecule has 1 N–H and O–H groups in total. The van der Waals surface area contributed by atoms with Crippen LogP contribution in [0.3, 0.4) is 0 Å². The van der Waals surface area contributed by atoms with Gasteiger partial charge in [0.15, 0.2) is 0 Å². The zero-order chi connectivity index (χ0) is 23.9. The van der Waals surface area contributed by atoms with Crippen molar-refractivity contribution >= 4 is 0 Å². The van der Waals surface area contributed by atoms with Gasteiger partial charge in [-0.2, -0.15) is 5.21 Å². The molecule has 0 aliphatic rings. The van der Waals surface area contributed by atoms with E-state index in [1.165, 1.54) is 0 Å². The molecule has 0 amide bonds. The number of tetrazole rings is 1. The van der Waals surface area contributed by atoms with Gasteiger partial charge in [0, 0.05) is 35.8 Å². The first-order valence-corrected chi connectivity index (χ1v) is 12.2. The third-order valence-corrected chi connectivity index (χ3v) is 6.48. The van der Waals surface area contributed by atoms with Gasteiger partial charge in [0.2, 0.25) is 5.82 Å². The fourth-order valence-electron chi connectivity index (χ4n) is 4.30. The van der Waals surface area contributed by atoms with Crippen molar-refractivity contribution in [3.05, 3.63) is 70.5 Å². The zero-order valence-corrected chi connectivity index (χ0v) is 20.2. The van der Waals surface area contributed by atoms with E-state index in [9.17, 15) is 4.79 Å². The molecule has 0 aliphatic carbocycles. The minimum absolute atomic E-state index is 0.0736. The van der Waals surface area contributed by atoms with E-state index in [0.29, 0.717) is 18.3 Å². The van der Waals surface area contributed by atoms with Crippen LogP contribution in [-0.4, -0.2) is 34.7 Å². The summed E-state index contributed by atoms with van der Waals surface area (Å²) in [6.07, 6.45) is 9.16. The summed E-state index contributed by atoms with van der Waals surface area (Å²) in [5, 5.41) is 14.4. The molecule has 0 fully saturated rings. The SMILES string of the molecule is CCCCc1cn(CC(CC)CC)c(=O)n1Cc1ccc(-c2ccccc2-c2nn[nH]n2)nc1. The number of nitrogens with zero attached hydrogens (tertiary/aromatic N) is 6. The third kappa shape index (κ3) is 5.16. The zero-order valence-electron chi connectivity index (χ0n) is 20.2. The van der Waals surface area contributed by atoms with Crippen molar-refractivity contribution in [2.24, 2.45) is 5.92 Å². The molecule has 4 rings (SSSR count). The molecule has 3 heterocycles. The molecule has 0 unspecified atom stereocenters. The number of aromatic amines is 1. The normalized spacial score (nSPS) is 11.4. The number of hydrogen-bond donors (Lipinski definition) is 1. The van der Waals surface area contributed by atoms with E-state index in [1.54, 1.807) is 0 Å². The van der Waals surface area contributed by atoms with E-state index in [4.69, 9.17) is 4.98 Å². The van der Waals surface area contributed by atoms with Gasteiger partial charge >= 0.3 is 5.69 Å². The van der Waals surface area contributed by atoms with E-state index in [2.05, 4.69) is 47.6 Å². The number of H-pyrrole nitrogens is 1. The molecule has 8 nitrogen and oxygen atoms in total. The standard InChI is InChI=1S/C26H33N7O/c1-4-7-10-21-18-32(16-19(5-2)6-3)26(34)33(21)17-20-13-14-24(27-15-20)22-11-8-9-12-23(22)25-28-30-31-29-25/h8-9,11-15,18-19H,4-7,10,16-17H2,1-3H3,(H,28,29,30,31). The number of aromatic nitrogens is 7. The van der Waals surface area contributed by atoms with E-state index in [0.717, 1.165) is 66.7 Å². The number of hydrogen-bond acceptors (Lipinski definition) is 5. The van der Waals surface area contributed by atoms with Gasteiger partial charge in [-0.25, -0.2) is 4.79 Å². The van der Waals surface area contributed by atoms with E-state index in [-0.39, 0.29) is 5.69 Å². The lowest BCUT2D eigenvalue weighted by Gasteiger charge is -2.12. The Balaban J connectivity index is 1.60. The molecule has 4 aromatic rings. The van der Waals surface area contributed by atoms with Crippen LogP contribution >= 0.6 is 0 Å². The van der Waals surface area contributed by atoms with Gasteiger partial charge in [0.25, 0.3) is 0 Å². The Labute approximate surface area is 200 Å². The molecule has 0 aliphatic heterocycles. The number of pyridine rings is 1. The lowest BCUT2D eigenvalue weighted by atomic mass is 10.0. The van der Waals surface area contributed by atoms with Gasteiger partial charge in [-0.15, -0.1) is 10.2 Å². The molecule has 0 saturated carbocycles. The van der Waals surface area contributed by atoms with Gasteiger partial charge in [0.1, 0.15) is 0 Å². The minimum atomic E-state index is 0.0736. The summed E-state index contributed by atoms with van der Waals surface area (Å²) >= 11 is 0. The van der Waals surface area contributed by atoms with Crippen molar-refractivity contribution < 1.29 is 0 Å². The van der Waals surface area contributed by atoms with Crippen molar-refractivity contribution in [1.82, 2.24) is 34.7 Å². The van der Waals surface area contributed by atoms with Crippen molar-refractivity contribution in [1.29, 1.82) is 0 Å². The molecule has 0 atom stereocenters. The summed E-state index contributed by atoms with van der Waals surface area (Å²) < 4.78 is 3.83. The van der Waals surface area contributed by atoms with E-state index in [1.807, 2.05) is 51.7 Å². The first kappa shape index (κ1) is 23.6. The molecule has 34 heavy (non-hydrogen) atoms. The molecular formula is C26H33N7O. The van der Waals surface area contributed by atoms with Crippen LogP contribution in [0.2, 0.25) is 0 Å². The van der Waals surface area contributed by atoms with Gasteiger partial charge < -0.3 is 0 Å². The Bertz CT molecular complexity index is 1240.